The van der Waals surface area contributed by atoms with Crippen LogP contribution in [0.5, 0.6) is 0 Å². The molecule has 0 radical (unpaired) electrons. The highest BCUT2D eigenvalue weighted by Crippen LogP contribution is 2.22. The smallest absolute Gasteiger partial charge is 0.253 e. The van der Waals surface area contributed by atoms with Crippen LogP contribution in [0.15, 0.2) is 60.0 Å². The van der Waals surface area contributed by atoms with Crippen molar-refractivity contribution in [2.24, 2.45) is 5.92 Å². The molecule has 0 fully saturated rings. The third kappa shape index (κ3) is 5.84. The molecule has 2 aromatic carbocycles. The fraction of sp³-hybridized carbons (Fsp3) is 0.238. The Balaban J connectivity index is 1.64. The number of amides is 2. The molecular formula is C21H22ClN5O2S. The Labute approximate surface area is 184 Å². The summed E-state index contributed by atoms with van der Waals surface area (Å²) in [6.07, 6.45) is 1.57. The minimum absolute atomic E-state index is 0.112. The zero-order valence-electron chi connectivity index (χ0n) is 16.6. The molecule has 7 nitrogen and oxygen atoms in total. The van der Waals surface area contributed by atoms with Crippen molar-refractivity contribution < 1.29 is 9.59 Å². The van der Waals surface area contributed by atoms with E-state index in [9.17, 15) is 9.59 Å². The van der Waals surface area contributed by atoms with Crippen molar-refractivity contribution in [3.8, 4) is 5.69 Å². The Bertz CT molecular complexity index is 1040. The summed E-state index contributed by atoms with van der Waals surface area (Å²) in [4.78, 5) is 24.9. The number of benzene rings is 2. The molecule has 0 saturated carbocycles. The van der Waals surface area contributed by atoms with Crippen molar-refractivity contribution in [2.45, 2.75) is 19.0 Å². The van der Waals surface area contributed by atoms with E-state index in [4.69, 9.17) is 11.6 Å². The molecule has 0 atom stereocenters. The van der Waals surface area contributed by atoms with Gasteiger partial charge in [-0.2, -0.15) is 0 Å². The van der Waals surface area contributed by atoms with Gasteiger partial charge >= 0.3 is 0 Å². The van der Waals surface area contributed by atoms with Gasteiger partial charge in [-0.1, -0.05) is 55.4 Å². The maximum Gasteiger partial charge on any atom is 0.253 e. The minimum atomic E-state index is -0.246. The number of halogens is 1. The molecule has 1 aromatic heterocycles. The number of para-hydroxylation sites is 1. The predicted octanol–water partition coefficient (Wildman–Crippen LogP) is 4.04. The summed E-state index contributed by atoms with van der Waals surface area (Å²) in [7, 11) is 0. The molecule has 0 bridgehead atoms. The summed E-state index contributed by atoms with van der Waals surface area (Å²) in [5, 5.41) is 14.8. The van der Waals surface area contributed by atoms with Gasteiger partial charge in [0.2, 0.25) is 5.91 Å². The number of aromatic nitrogens is 3. The molecule has 0 spiro atoms. The first-order valence-corrected chi connectivity index (χ1v) is 10.8. The van der Waals surface area contributed by atoms with E-state index in [2.05, 4.69) is 20.8 Å². The van der Waals surface area contributed by atoms with E-state index >= 15 is 0 Å². The highest BCUT2D eigenvalue weighted by molar-refractivity contribution is 7.99. The van der Waals surface area contributed by atoms with E-state index < -0.39 is 0 Å². The summed E-state index contributed by atoms with van der Waals surface area (Å²) in [6.45, 7) is 4.61. The Morgan fingerprint density at radius 1 is 1.17 bits per heavy atom. The first kappa shape index (κ1) is 21.9. The fourth-order valence-electron chi connectivity index (χ4n) is 2.62. The zero-order valence-corrected chi connectivity index (χ0v) is 18.2. The SMILES string of the molecule is CC(C)CNC(=O)c1ccccc1NC(=O)CSc1nncn1-c1cccc(Cl)c1. The zero-order chi connectivity index (χ0) is 21.5. The van der Waals surface area contributed by atoms with E-state index in [1.807, 2.05) is 26.0 Å². The van der Waals surface area contributed by atoms with Crippen molar-refractivity contribution in [1.29, 1.82) is 0 Å². The second kappa shape index (κ2) is 10.3. The van der Waals surface area contributed by atoms with Crippen LogP contribution in [0.2, 0.25) is 5.02 Å². The fourth-order valence-corrected chi connectivity index (χ4v) is 3.54. The molecule has 0 aliphatic rings. The number of thioether (sulfide) groups is 1. The largest absolute Gasteiger partial charge is 0.352 e. The Morgan fingerprint density at radius 3 is 2.73 bits per heavy atom. The lowest BCUT2D eigenvalue weighted by Crippen LogP contribution is -2.28. The summed E-state index contributed by atoms with van der Waals surface area (Å²) < 4.78 is 1.76. The number of carbonyl (C=O) groups excluding carboxylic acids is 2. The van der Waals surface area contributed by atoms with E-state index in [1.165, 1.54) is 11.8 Å². The van der Waals surface area contributed by atoms with Crippen molar-refractivity contribution in [1.82, 2.24) is 20.1 Å². The van der Waals surface area contributed by atoms with Crippen LogP contribution in [0.4, 0.5) is 5.69 Å². The van der Waals surface area contributed by atoms with E-state index in [0.717, 1.165) is 5.69 Å². The normalized spacial score (nSPS) is 10.8. The van der Waals surface area contributed by atoms with Gasteiger partial charge in [0.05, 0.1) is 22.7 Å². The van der Waals surface area contributed by atoms with Gasteiger partial charge in [0, 0.05) is 11.6 Å². The summed E-state index contributed by atoms with van der Waals surface area (Å²) in [5.41, 5.74) is 1.71. The van der Waals surface area contributed by atoms with Gasteiger partial charge in [-0.15, -0.1) is 10.2 Å². The van der Waals surface area contributed by atoms with Crippen LogP contribution in [0, 0.1) is 5.92 Å². The number of nitrogens with one attached hydrogen (secondary N) is 2. The van der Waals surface area contributed by atoms with Crippen LogP contribution in [-0.4, -0.2) is 38.9 Å². The third-order valence-corrected chi connectivity index (χ3v) is 5.23. The molecule has 2 N–H and O–H groups in total. The van der Waals surface area contributed by atoms with Gasteiger partial charge in [-0.25, -0.2) is 0 Å². The monoisotopic (exact) mass is 443 g/mol. The predicted molar refractivity (Wildman–Crippen MR) is 119 cm³/mol. The molecule has 1 heterocycles. The maximum atomic E-state index is 12.5. The van der Waals surface area contributed by atoms with Crippen LogP contribution in [0.3, 0.4) is 0 Å². The van der Waals surface area contributed by atoms with Crippen molar-refractivity contribution in [2.75, 3.05) is 17.6 Å². The number of hydrogen-bond donors (Lipinski definition) is 2. The van der Waals surface area contributed by atoms with Crippen LogP contribution in [0.25, 0.3) is 5.69 Å². The van der Waals surface area contributed by atoms with Gasteiger partial charge in [-0.3, -0.25) is 14.2 Å². The number of hydrogen-bond acceptors (Lipinski definition) is 5. The van der Waals surface area contributed by atoms with Crippen molar-refractivity contribution in [3.05, 3.63) is 65.4 Å². The second-order valence-electron chi connectivity index (χ2n) is 6.95. The first-order chi connectivity index (χ1) is 14.4. The topological polar surface area (TPSA) is 88.9 Å². The Kier molecular flexibility index (Phi) is 7.48. The van der Waals surface area contributed by atoms with Gasteiger partial charge in [0.15, 0.2) is 5.16 Å². The summed E-state index contributed by atoms with van der Waals surface area (Å²) in [5.74, 6) is -0.0112. The molecule has 0 saturated heterocycles. The minimum Gasteiger partial charge on any atom is -0.352 e. The van der Waals surface area contributed by atoms with Crippen LogP contribution in [0.1, 0.15) is 24.2 Å². The standard InChI is InChI=1S/C21H22ClN5O2S/c1-14(2)11-23-20(29)17-8-3-4-9-18(17)25-19(28)12-30-21-26-24-13-27(21)16-7-5-6-15(22)10-16/h3-10,13-14H,11-12H2,1-2H3,(H,23,29)(H,25,28). The summed E-state index contributed by atoms with van der Waals surface area (Å²) >= 11 is 7.30. The van der Waals surface area contributed by atoms with Crippen molar-refractivity contribution in [3.63, 3.8) is 0 Å². The first-order valence-electron chi connectivity index (χ1n) is 9.40. The van der Waals surface area contributed by atoms with Crippen LogP contribution >= 0.6 is 23.4 Å². The summed E-state index contributed by atoms with van der Waals surface area (Å²) in [6, 6.07) is 14.2. The molecule has 0 aliphatic carbocycles. The van der Waals surface area contributed by atoms with E-state index in [0.29, 0.717) is 33.9 Å². The van der Waals surface area contributed by atoms with Gasteiger partial charge in [0.1, 0.15) is 6.33 Å². The van der Waals surface area contributed by atoms with Gasteiger partial charge in [-0.05, 0) is 36.2 Å². The number of anilines is 1. The molecule has 30 heavy (non-hydrogen) atoms. The third-order valence-electron chi connectivity index (χ3n) is 4.05. The molecular weight excluding hydrogens is 422 g/mol. The highest BCUT2D eigenvalue weighted by atomic mass is 35.5. The molecule has 0 aliphatic heterocycles. The van der Waals surface area contributed by atoms with E-state index in [-0.39, 0.29) is 17.6 Å². The Hall–Kier alpha value is -2.84. The van der Waals surface area contributed by atoms with Crippen molar-refractivity contribution >= 4 is 40.9 Å². The van der Waals surface area contributed by atoms with Crippen LogP contribution < -0.4 is 10.6 Å². The number of rotatable bonds is 8. The molecule has 156 valence electrons. The van der Waals surface area contributed by atoms with Gasteiger partial charge < -0.3 is 10.6 Å². The highest BCUT2D eigenvalue weighted by Gasteiger charge is 2.15. The second-order valence-corrected chi connectivity index (χ2v) is 8.33. The van der Waals surface area contributed by atoms with E-state index in [1.54, 1.807) is 47.3 Å². The Morgan fingerprint density at radius 2 is 1.97 bits per heavy atom. The average molecular weight is 444 g/mol. The van der Waals surface area contributed by atoms with Crippen LogP contribution in [-0.2, 0) is 4.79 Å². The molecule has 0 unspecified atom stereocenters. The molecule has 2 amide bonds. The maximum absolute atomic E-state index is 12.5. The lowest BCUT2D eigenvalue weighted by Gasteiger charge is -2.12. The lowest BCUT2D eigenvalue weighted by atomic mass is 10.1. The molecule has 3 aromatic rings. The average Bonchev–Trinajstić information content (AvgIpc) is 3.19. The lowest BCUT2D eigenvalue weighted by molar-refractivity contribution is -0.113. The quantitative estimate of drug-likeness (QED) is 0.513. The number of carbonyl (C=O) groups is 2. The molecule has 3 rings (SSSR count). The van der Waals surface area contributed by atoms with Gasteiger partial charge in [0.25, 0.3) is 5.91 Å². The molecule has 9 heteroatoms. The number of nitrogens with zero attached hydrogens (tertiary/aromatic N) is 3.